The number of hydrogen-bond acceptors (Lipinski definition) is 6. The maximum Gasteiger partial charge on any atom is 0.267 e. The van der Waals surface area contributed by atoms with Crippen molar-refractivity contribution in [1.29, 1.82) is 0 Å². The number of ether oxygens (including phenoxy) is 2. The van der Waals surface area contributed by atoms with E-state index in [2.05, 4.69) is 15.3 Å². The summed E-state index contributed by atoms with van der Waals surface area (Å²) in [6.07, 6.45) is 0. The number of pyridine rings is 1. The zero-order valence-electron chi connectivity index (χ0n) is 14.7. The maximum absolute atomic E-state index is 13.6. The first-order valence-corrected chi connectivity index (χ1v) is 8.57. The number of halogens is 2. The van der Waals surface area contributed by atoms with Crippen LogP contribution in [0.5, 0.6) is 11.5 Å². The Morgan fingerprint density at radius 3 is 2.48 bits per heavy atom. The number of amides is 1. The number of methoxy groups -OCH3 is 2. The van der Waals surface area contributed by atoms with Crippen LogP contribution in [0.3, 0.4) is 0 Å². The molecule has 3 aromatic rings. The predicted octanol–water partition coefficient (Wildman–Crippen LogP) is 4.06. The third-order valence-corrected chi connectivity index (χ3v) is 4.90. The summed E-state index contributed by atoms with van der Waals surface area (Å²) >= 11 is 1.15. The number of aryl methyl sites for hydroxylation is 1. The van der Waals surface area contributed by atoms with Crippen molar-refractivity contribution in [3.8, 4) is 22.1 Å². The lowest BCUT2D eigenvalue weighted by molar-refractivity contribution is 0.102. The zero-order chi connectivity index (χ0) is 19.6. The van der Waals surface area contributed by atoms with Crippen molar-refractivity contribution in [3.63, 3.8) is 0 Å². The molecule has 0 aliphatic carbocycles. The van der Waals surface area contributed by atoms with Gasteiger partial charge in [-0.2, -0.15) is 13.8 Å². The molecule has 2 heterocycles. The molecule has 1 amide bonds. The second-order valence-corrected chi connectivity index (χ2v) is 6.43. The van der Waals surface area contributed by atoms with E-state index in [9.17, 15) is 13.6 Å². The van der Waals surface area contributed by atoms with Gasteiger partial charge in [0, 0.05) is 5.56 Å². The lowest BCUT2D eigenvalue weighted by Gasteiger charge is -2.08. The summed E-state index contributed by atoms with van der Waals surface area (Å²) in [4.78, 5) is 20.2. The van der Waals surface area contributed by atoms with E-state index >= 15 is 0 Å². The quantitative estimate of drug-likeness (QED) is 0.664. The van der Waals surface area contributed by atoms with Crippen LogP contribution in [0.4, 0.5) is 14.5 Å². The highest BCUT2D eigenvalue weighted by Gasteiger charge is 2.19. The van der Waals surface area contributed by atoms with Gasteiger partial charge in [-0.3, -0.25) is 4.79 Å². The molecule has 0 spiro atoms. The number of hydrogen-bond donors (Lipinski definition) is 1. The number of aromatic nitrogens is 2. The van der Waals surface area contributed by atoms with Gasteiger partial charge in [-0.25, -0.2) is 4.98 Å². The summed E-state index contributed by atoms with van der Waals surface area (Å²) in [5.41, 5.74) is 1.02. The highest BCUT2D eigenvalue weighted by Crippen LogP contribution is 2.35. The zero-order valence-corrected chi connectivity index (χ0v) is 15.5. The van der Waals surface area contributed by atoms with E-state index in [-0.39, 0.29) is 5.69 Å². The summed E-state index contributed by atoms with van der Waals surface area (Å²) in [5.74, 6) is -1.50. The number of carbonyl (C=O) groups is 1. The first-order valence-electron chi connectivity index (χ1n) is 7.76. The summed E-state index contributed by atoms with van der Waals surface area (Å²) in [5, 5.41) is 2.98. The van der Waals surface area contributed by atoms with Crippen LogP contribution in [0.1, 0.15) is 15.4 Å². The number of thiazole rings is 1. The van der Waals surface area contributed by atoms with Crippen LogP contribution in [0, 0.1) is 18.8 Å². The predicted molar refractivity (Wildman–Crippen MR) is 97.5 cm³/mol. The lowest BCUT2D eigenvalue weighted by Crippen LogP contribution is -2.13. The van der Waals surface area contributed by atoms with Crippen LogP contribution in [-0.2, 0) is 0 Å². The van der Waals surface area contributed by atoms with E-state index in [0.717, 1.165) is 29.0 Å². The molecule has 9 heteroatoms. The van der Waals surface area contributed by atoms with Crippen LogP contribution in [0.15, 0.2) is 30.3 Å². The van der Waals surface area contributed by atoms with Crippen LogP contribution >= 0.6 is 11.3 Å². The van der Waals surface area contributed by atoms with Crippen LogP contribution in [-0.4, -0.2) is 30.1 Å². The van der Waals surface area contributed by atoms with Gasteiger partial charge in [-0.15, -0.1) is 11.3 Å². The maximum atomic E-state index is 13.6. The molecular weight excluding hydrogens is 376 g/mol. The molecule has 0 saturated carbocycles. The van der Waals surface area contributed by atoms with E-state index < -0.39 is 17.8 Å². The number of nitrogens with one attached hydrogen (secondary N) is 1. The van der Waals surface area contributed by atoms with Gasteiger partial charge in [0.25, 0.3) is 5.91 Å². The van der Waals surface area contributed by atoms with E-state index in [1.54, 1.807) is 25.1 Å². The molecule has 1 N–H and O–H groups in total. The molecule has 140 valence electrons. The van der Waals surface area contributed by atoms with Crippen molar-refractivity contribution in [3.05, 3.63) is 52.8 Å². The largest absolute Gasteiger partial charge is 0.493 e. The highest BCUT2D eigenvalue weighted by atomic mass is 32.1. The Morgan fingerprint density at radius 2 is 1.81 bits per heavy atom. The first-order chi connectivity index (χ1) is 12.9. The SMILES string of the molecule is COc1ccc(-c2nc(C)c(C(=O)Nc3ccc(F)nc3F)s2)cc1OC. The molecule has 0 atom stereocenters. The monoisotopic (exact) mass is 391 g/mol. The Balaban J connectivity index is 1.89. The summed E-state index contributed by atoms with van der Waals surface area (Å²) in [6, 6.07) is 7.37. The first kappa shape index (κ1) is 18.7. The van der Waals surface area contributed by atoms with Crippen molar-refractivity contribution in [2.24, 2.45) is 0 Å². The van der Waals surface area contributed by atoms with Crippen molar-refractivity contribution in [2.75, 3.05) is 19.5 Å². The fourth-order valence-electron chi connectivity index (χ4n) is 2.38. The molecule has 27 heavy (non-hydrogen) atoms. The minimum atomic E-state index is -1.09. The average Bonchev–Trinajstić information content (AvgIpc) is 3.05. The number of anilines is 1. The Morgan fingerprint density at radius 1 is 1.07 bits per heavy atom. The van der Waals surface area contributed by atoms with Gasteiger partial charge in [-0.05, 0) is 37.3 Å². The average molecular weight is 391 g/mol. The lowest BCUT2D eigenvalue weighted by atomic mass is 10.2. The Kier molecular flexibility index (Phi) is 5.31. The number of carbonyl (C=O) groups excluding carboxylic acids is 1. The molecule has 0 saturated heterocycles. The number of benzene rings is 1. The third-order valence-electron chi connectivity index (χ3n) is 3.70. The normalized spacial score (nSPS) is 10.6. The van der Waals surface area contributed by atoms with Crippen molar-refractivity contribution < 1.29 is 23.0 Å². The van der Waals surface area contributed by atoms with Crippen molar-refractivity contribution in [2.45, 2.75) is 6.92 Å². The van der Waals surface area contributed by atoms with Gasteiger partial charge >= 0.3 is 0 Å². The molecule has 6 nitrogen and oxygen atoms in total. The van der Waals surface area contributed by atoms with Gasteiger partial charge in [0.15, 0.2) is 11.5 Å². The van der Waals surface area contributed by atoms with E-state index in [1.165, 1.54) is 14.2 Å². The van der Waals surface area contributed by atoms with Crippen molar-refractivity contribution >= 4 is 22.9 Å². The molecule has 0 unspecified atom stereocenters. The molecule has 0 bridgehead atoms. The Bertz CT molecular complexity index is 1010. The Hall–Kier alpha value is -3.07. The van der Waals surface area contributed by atoms with Crippen LogP contribution < -0.4 is 14.8 Å². The van der Waals surface area contributed by atoms with Crippen LogP contribution in [0.25, 0.3) is 10.6 Å². The van der Waals surface area contributed by atoms with E-state index in [0.29, 0.717) is 27.1 Å². The topological polar surface area (TPSA) is 73.3 Å². The third kappa shape index (κ3) is 3.87. The molecule has 0 aliphatic heterocycles. The summed E-state index contributed by atoms with van der Waals surface area (Å²) in [6.45, 7) is 1.68. The van der Waals surface area contributed by atoms with Gasteiger partial charge in [0.05, 0.1) is 25.6 Å². The number of nitrogens with zero attached hydrogens (tertiary/aromatic N) is 2. The molecule has 0 radical (unpaired) electrons. The smallest absolute Gasteiger partial charge is 0.267 e. The van der Waals surface area contributed by atoms with Gasteiger partial charge in [0.2, 0.25) is 11.9 Å². The number of rotatable bonds is 5. The van der Waals surface area contributed by atoms with Crippen molar-refractivity contribution in [1.82, 2.24) is 9.97 Å². The Labute approximate surface area is 157 Å². The molecule has 3 rings (SSSR count). The summed E-state index contributed by atoms with van der Waals surface area (Å²) < 4.78 is 37.0. The minimum Gasteiger partial charge on any atom is -0.493 e. The fraction of sp³-hybridized carbons (Fsp3) is 0.167. The van der Waals surface area contributed by atoms with E-state index in [1.807, 2.05) is 0 Å². The second kappa shape index (κ2) is 7.67. The molecule has 0 aliphatic rings. The molecular formula is C18H15F2N3O3S. The second-order valence-electron chi connectivity index (χ2n) is 5.43. The standard InChI is InChI=1S/C18H15F2N3O3S/c1-9-15(17(24)22-11-5-7-14(19)23-16(11)20)27-18(21-9)10-4-6-12(25-2)13(8-10)26-3/h4-8H,1-3H3,(H,22,24). The van der Waals surface area contributed by atoms with E-state index in [4.69, 9.17) is 9.47 Å². The molecule has 2 aromatic heterocycles. The van der Waals surface area contributed by atoms with Crippen LogP contribution in [0.2, 0.25) is 0 Å². The summed E-state index contributed by atoms with van der Waals surface area (Å²) in [7, 11) is 3.07. The highest BCUT2D eigenvalue weighted by molar-refractivity contribution is 7.17. The minimum absolute atomic E-state index is 0.207. The van der Waals surface area contributed by atoms with Gasteiger partial charge in [-0.1, -0.05) is 0 Å². The molecule has 1 aromatic carbocycles. The molecule has 0 fully saturated rings. The fourth-order valence-corrected chi connectivity index (χ4v) is 3.34. The van der Waals surface area contributed by atoms with Gasteiger partial charge in [0.1, 0.15) is 9.88 Å². The van der Waals surface area contributed by atoms with Gasteiger partial charge < -0.3 is 14.8 Å².